The first-order valence-corrected chi connectivity index (χ1v) is 8.58. The highest BCUT2D eigenvalue weighted by Crippen LogP contribution is 2.16. The normalized spacial score (nSPS) is 17.6. The summed E-state index contributed by atoms with van der Waals surface area (Å²) in [5.41, 5.74) is 0. The zero-order valence-corrected chi connectivity index (χ0v) is 14.2. The van der Waals surface area contributed by atoms with Gasteiger partial charge in [0, 0.05) is 49.1 Å². The Morgan fingerprint density at radius 2 is 1.53 bits per heavy atom. The molecule has 0 saturated carbocycles. The van der Waals surface area contributed by atoms with Gasteiger partial charge < -0.3 is 4.74 Å². The number of halogens is 2. The van der Waals surface area contributed by atoms with Crippen LogP contribution in [0.15, 0.2) is 28.7 Å². The van der Waals surface area contributed by atoms with Crippen LogP contribution in [0.25, 0.3) is 0 Å². The number of ether oxygens (including phenoxy) is 1. The van der Waals surface area contributed by atoms with Crippen molar-refractivity contribution in [3.05, 3.63) is 28.7 Å². The van der Waals surface area contributed by atoms with Crippen LogP contribution in [0.1, 0.15) is 0 Å². The molecule has 0 aromatic heterocycles. The van der Waals surface area contributed by atoms with Crippen LogP contribution in [0, 0.1) is 0 Å². The van der Waals surface area contributed by atoms with Crippen molar-refractivity contribution in [2.24, 2.45) is 0 Å². The van der Waals surface area contributed by atoms with Crippen molar-refractivity contribution in [1.82, 2.24) is 9.80 Å². The molecule has 0 spiro atoms. The summed E-state index contributed by atoms with van der Waals surface area (Å²) in [5.74, 6) is 0.945. The fourth-order valence-corrected chi connectivity index (χ4v) is 2.95. The number of nitrogens with zero attached hydrogens (tertiary/aromatic N) is 2. The van der Waals surface area contributed by atoms with Crippen molar-refractivity contribution >= 4 is 31.9 Å². The molecule has 106 valence electrons. The standard InChI is InChI=1S/C14H20Br2N2O/c15-5-6-17-7-9-18(10-8-17)11-12-19-14-3-1-13(16)2-4-14/h1-4H,5-12H2. The Morgan fingerprint density at radius 1 is 0.947 bits per heavy atom. The van der Waals surface area contributed by atoms with E-state index in [9.17, 15) is 0 Å². The van der Waals surface area contributed by atoms with E-state index in [2.05, 4.69) is 41.7 Å². The summed E-state index contributed by atoms with van der Waals surface area (Å²) in [7, 11) is 0. The van der Waals surface area contributed by atoms with Gasteiger partial charge in [0.1, 0.15) is 12.4 Å². The molecule has 0 radical (unpaired) electrons. The molecule has 1 aliphatic heterocycles. The summed E-state index contributed by atoms with van der Waals surface area (Å²) in [6.07, 6.45) is 0. The molecule has 1 heterocycles. The summed E-state index contributed by atoms with van der Waals surface area (Å²) in [5, 5.41) is 1.07. The van der Waals surface area contributed by atoms with Crippen LogP contribution in [0.5, 0.6) is 5.75 Å². The van der Waals surface area contributed by atoms with Crippen LogP contribution < -0.4 is 4.74 Å². The van der Waals surface area contributed by atoms with E-state index in [1.54, 1.807) is 0 Å². The van der Waals surface area contributed by atoms with Crippen molar-refractivity contribution in [3.63, 3.8) is 0 Å². The first kappa shape index (κ1) is 15.3. The third-order valence-corrected chi connectivity index (χ3v) is 4.24. The fourth-order valence-electron chi connectivity index (χ4n) is 2.18. The maximum Gasteiger partial charge on any atom is 0.119 e. The molecule has 1 fully saturated rings. The zero-order valence-electron chi connectivity index (χ0n) is 11.0. The van der Waals surface area contributed by atoms with E-state index in [1.807, 2.05) is 24.3 Å². The lowest BCUT2D eigenvalue weighted by molar-refractivity contribution is 0.121. The topological polar surface area (TPSA) is 15.7 Å². The third-order valence-electron chi connectivity index (χ3n) is 3.36. The Balaban J connectivity index is 1.63. The largest absolute Gasteiger partial charge is 0.492 e. The number of rotatable bonds is 6. The highest BCUT2D eigenvalue weighted by Gasteiger charge is 2.15. The van der Waals surface area contributed by atoms with Gasteiger partial charge >= 0.3 is 0 Å². The first-order valence-electron chi connectivity index (χ1n) is 6.67. The fraction of sp³-hybridized carbons (Fsp3) is 0.571. The van der Waals surface area contributed by atoms with Crippen LogP contribution in [-0.2, 0) is 0 Å². The lowest BCUT2D eigenvalue weighted by Gasteiger charge is -2.34. The minimum absolute atomic E-state index is 0.764. The van der Waals surface area contributed by atoms with Crippen LogP contribution >= 0.6 is 31.9 Å². The quantitative estimate of drug-likeness (QED) is 0.693. The van der Waals surface area contributed by atoms with Crippen LogP contribution in [0.3, 0.4) is 0 Å². The summed E-state index contributed by atoms with van der Waals surface area (Å²) >= 11 is 6.92. The van der Waals surface area contributed by atoms with Gasteiger partial charge in [-0.15, -0.1) is 0 Å². The predicted molar refractivity (Wildman–Crippen MR) is 86.3 cm³/mol. The second-order valence-corrected chi connectivity index (χ2v) is 6.38. The Kier molecular flexibility index (Phi) is 6.64. The third kappa shape index (κ3) is 5.42. The molecule has 1 aromatic rings. The van der Waals surface area contributed by atoms with E-state index < -0.39 is 0 Å². The van der Waals surface area contributed by atoms with Gasteiger partial charge in [0.05, 0.1) is 0 Å². The maximum atomic E-state index is 5.75. The van der Waals surface area contributed by atoms with Gasteiger partial charge in [-0.25, -0.2) is 0 Å². The summed E-state index contributed by atoms with van der Waals surface area (Å²) < 4.78 is 6.84. The molecule has 0 aliphatic carbocycles. The highest BCUT2D eigenvalue weighted by atomic mass is 79.9. The highest BCUT2D eigenvalue weighted by molar-refractivity contribution is 9.10. The van der Waals surface area contributed by atoms with Gasteiger partial charge in [-0.1, -0.05) is 31.9 Å². The molecule has 5 heteroatoms. The van der Waals surface area contributed by atoms with Gasteiger partial charge in [-0.05, 0) is 24.3 Å². The molecule has 0 unspecified atom stereocenters. The zero-order chi connectivity index (χ0) is 13.5. The Morgan fingerprint density at radius 3 is 2.11 bits per heavy atom. The molecule has 0 bridgehead atoms. The monoisotopic (exact) mass is 390 g/mol. The lowest BCUT2D eigenvalue weighted by Crippen LogP contribution is -2.47. The Labute approximate surface area is 132 Å². The predicted octanol–water partition coefficient (Wildman–Crippen LogP) is 2.84. The molecule has 0 N–H and O–H groups in total. The van der Waals surface area contributed by atoms with E-state index in [0.717, 1.165) is 48.3 Å². The molecule has 2 rings (SSSR count). The molecule has 3 nitrogen and oxygen atoms in total. The van der Waals surface area contributed by atoms with E-state index in [1.165, 1.54) is 13.1 Å². The molecular formula is C14H20Br2N2O. The smallest absolute Gasteiger partial charge is 0.119 e. The van der Waals surface area contributed by atoms with Crippen molar-refractivity contribution in [2.45, 2.75) is 0 Å². The average molecular weight is 392 g/mol. The first-order chi connectivity index (χ1) is 9.28. The SMILES string of the molecule is BrCCN1CCN(CCOc2ccc(Br)cc2)CC1. The van der Waals surface area contributed by atoms with Crippen molar-refractivity contribution in [3.8, 4) is 5.75 Å². The summed E-state index contributed by atoms with van der Waals surface area (Å²) in [4.78, 5) is 4.98. The second kappa shape index (κ2) is 8.25. The molecular weight excluding hydrogens is 372 g/mol. The lowest BCUT2D eigenvalue weighted by atomic mass is 10.3. The van der Waals surface area contributed by atoms with Gasteiger partial charge in [0.15, 0.2) is 0 Å². The van der Waals surface area contributed by atoms with Gasteiger partial charge in [0.2, 0.25) is 0 Å². The molecule has 1 saturated heterocycles. The van der Waals surface area contributed by atoms with E-state index in [-0.39, 0.29) is 0 Å². The van der Waals surface area contributed by atoms with Crippen molar-refractivity contribution in [2.75, 3.05) is 51.2 Å². The molecule has 19 heavy (non-hydrogen) atoms. The van der Waals surface area contributed by atoms with Gasteiger partial charge in [0.25, 0.3) is 0 Å². The van der Waals surface area contributed by atoms with Crippen molar-refractivity contribution < 1.29 is 4.74 Å². The van der Waals surface area contributed by atoms with E-state index >= 15 is 0 Å². The minimum Gasteiger partial charge on any atom is -0.492 e. The van der Waals surface area contributed by atoms with Crippen LogP contribution in [0.4, 0.5) is 0 Å². The Hall–Kier alpha value is -0.100. The van der Waals surface area contributed by atoms with Gasteiger partial charge in [-0.3, -0.25) is 9.80 Å². The van der Waals surface area contributed by atoms with E-state index in [4.69, 9.17) is 4.74 Å². The molecule has 1 aromatic carbocycles. The summed E-state index contributed by atoms with van der Waals surface area (Å²) in [6.45, 7) is 7.57. The average Bonchev–Trinajstić information content (AvgIpc) is 2.43. The van der Waals surface area contributed by atoms with Gasteiger partial charge in [-0.2, -0.15) is 0 Å². The molecule has 0 amide bonds. The van der Waals surface area contributed by atoms with E-state index in [0.29, 0.717) is 0 Å². The number of alkyl halides is 1. The molecule has 1 aliphatic rings. The van der Waals surface area contributed by atoms with Crippen LogP contribution in [-0.4, -0.2) is 61.0 Å². The van der Waals surface area contributed by atoms with Crippen molar-refractivity contribution in [1.29, 1.82) is 0 Å². The minimum atomic E-state index is 0.764. The number of hydrogen-bond donors (Lipinski definition) is 0. The molecule has 0 atom stereocenters. The number of benzene rings is 1. The number of hydrogen-bond acceptors (Lipinski definition) is 3. The number of piperazine rings is 1. The second-order valence-electron chi connectivity index (χ2n) is 4.67. The Bertz CT molecular complexity index is 364. The summed E-state index contributed by atoms with van der Waals surface area (Å²) in [6, 6.07) is 8.01. The van der Waals surface area contributed by atoms with Crippen LogP contribution in [0.2, 0.25) is 0 Å². The maximum absolute atomic E-state index is 5.75.